The summed E-state index contributed by atoms with van der Waals surface area (Å²) in [7, 11) is 1.63. The fourth-order valence-electron chi connectivity index (χ4n) is 2.97. The monoisotopic (exact) mass is 298 g/mol. The lowest BCUT2D eigenvalue weighted by molar-refractivity contribution is -0.135. The zero-order valence-corrected chi connectivity index (χ0v) is 12.0. The Morgan fingerprint density at radius 2 is 1.82 bits per heavy atom. The molecule has 0 unspecified atom stereocenters. The molecule has 2 heterocycles. The lowest BCUT2D eigenvalue weighted by atomic mass is 9.85. The van der Waals surface area contributed by atoms with E-state index >= 15 is 0 Å². The van der Waals surface area contributed by atoms with Crippen molar-refractivity contribution in [2.75, 3.05) is 13.9 Å². The Morgan fingerprint density at radius 1 is 1.05 bits per heavy atom. The highest BCUT2D eigenvalue weighted by Crippen LogP contribution is 2.47. The number of fused-ring (bicyclic) bond motifs is 2. The zero-order chi connectivity index (χ0) is 15.1. The summed E-state index contributed by atoms with van der Waals surface area (Å²) in [5, 5.41) is 0. The van der Waals surface area contributed by atoms with Gasteiger partial charge in [0.25, 0.3) is 0 Å². The van der Waals surface area contributed by atoms with Gasteiger partial charge in [-0.25, -0.2) is 0 Å². The van der Waals surface area contributed by atoms with Crippen LogP contribution < -0.4 is 18.9 Å². The van der Waals surface area contributed by atoms with E-state index in [0.717, 1.165) is 16.9 Å². The molecule has 2 aliphatic rings. The van der Waals surface area contributed by atoms with E-state index in [4.69, 9.17) is 18.9 Å². The maximum absolute atomic E-state index is 12.0. The lowest BCUT2D eigenvalue weighted by Crippen LogP contribution is -2.21. The Bertz CT molecular complexity index is 753. The van der Waals surface area contributed by atoms with E-state index in [-0.39, 0.29) is 25.1 Å². The van der Waals surface area contributed by atoms with E-state index in [1.54, 1.807) is 13.2 Å². The topological polar surface area (TPSA) is 54.0 Å². The molecule has 1 atom stereocenters. The number of methoxy groups -OCH3 is 1. The minimum atomic E-state index is -0.262. The summed E-state index contributed by atoms with van der Waals surface area (Å²) in [5.74, 6) is 2.18. The molecule has 0 fully saturated rings. The van der Waals surface area contributed by atoms with Crippen LogP contribution in [-0.2, 0) is 4.79 Å². The highest BCUT2D eigenvalue weighted by molar-refractivity contribution is 5.79. The number of hydrogen-bond donors (Lipinski definition) is 0. The lowest BCUT2D eigenvalue weighted by Gasteiger charge is -2.26. The maximum Gasteiger partial charge on any atom is 0.312 e. The van der Waals surface area contributed by atoms with Gasteiger partial charge in [0.1, 0.15) is 11.5 Å². The smallest absolute Gasteiger partial charge is 0.312 e. The predicted molar refractivity (Wildman–Crippen MR) is 77.7 cm³/mol. The van der Waals surface area contributed by atoms with Crippen LogP contribution in [0.4, 0.5) is 0 Å². The average molecular weight is 298 g/mol. The molecular weight excluding hydrogens is 284 g/mol. The number of carbonyl (C=O) groups is 1. The molecule has 0 amide bonds. The van der Waals surface area contributed by atoms with Crippen molar-refractivity contribution in [3.63, 3.8) is 0 Å². The molecule has 0 saturated heterocycles. The first-order valence-corrected chi connectivity index (χ1v) is 7.03. The zero-order valence-electron chi connectivity index (χ0n) is 12.0. The molecule has 0 N–H and O–H groups in total. The molecule has 0 saturated carbocycles. The van der Waals surface area contributed by atoms with Crippen molar-refractivity contribution in [2.45, 2.75) is 12.3 Å². The summed E-state index contributed by atoms with van der Waals surface area (Å²) in [5.41, 5.74) is 1.87. The van der Waals surface area contributed by atoms with Crippen LogP contribution >= 0.6 is 0 Å². The van der Waals surface area contributed by atoms with Gasteiger partial charge < -0.3 is 18.9 Å². The summed E-state index contributed by atoms with van der Waals surface area (Å²) < 4.78 is 21.6. The molecule has 0 aromatic heterocycles. The van der Waals surface area contributed by atoms with E-state index in [2.05, 4.69) is 0 Å². The van der Waals surface area contributed by atoms with Crippen molar-refractivity contribution in [3.8, 4) is 23.0 Å². The van der Waals surface area contributed by atoms with Gasteiger partial charge in [0.15, 0.2) is 11.5 Å². The number of benzene rings is 2. The molecule has 5 heteroatoms. The van der Waals surface area contributed by atoms with Gasteiger partial charge in [0.05, 0.1) is 13.5 Å². The quantitative estimate of drug-likeness (QED) is 0.630. The number of rotatable bonds is 2. The molecule has 0 spiro atoms. The standard InChI is InChI=1S/C17H14O5/c1-19-13-5-3-2-4-10(13)11-7-17(18)22-14-8-16-15(6-12(11)14)20-9-21-16/h2-6,8,11H,7,9H2,1H3/t11-/m1/s1. The van der Waals surface area contributed by atoms with Crippen LogP contribution in [0, 0.1) is 0 Å². The Kier molecular flexibility index (Phi) is 2.92. The minimum absolute atomic E-state index is 0.123. The van der Waals surface area contributed by atoms with Gasteiger partial charge in [-0.05, 0) is 12.1 Å². The number of hydrogen-bond acceptors (Lipinski definition) is 5. The molecule has 112 valence electrons. The van der Waals surface area contributed by atoms with Crippen molar-refractivity contribution < 1.29 is 23.7 Å². The van der Waals surface area contributed by atoms with Gasteiger partial charge in [-0.3, -0.25) is 4.79 Å². The van der Waals surface area contributed by atoms with E-state index in [0.29, 0.717) is 17.2 Å². The molecule has 2 aliphatic heterocycles. The number of esters is 1. The number of carbonyl (C=O) groups excluding carboxylic acids is 1. The van der Waals surface area contributed by atoms with Gasteiger partial charge in [0, 0.05) is 23.1 Å². The first-order valence-electron chi connectivity index (χ1n) is 7.03. The van der Waals surface area contributed by atoms with Crippen molar-refractivity contribution in [1.29, 1.82) is 0 Å². The summed E-state index contributed by atoms with van der Waals surface area (Å²) in [6.07, 6.45) is 0.271. The van der Waals surface area contributed by atoms with Gasteiger partial charge in [-0.15, -0.1) is 0 Å². The second-order valence-corrected chi connectivity index (χ2v) is 5.22. The number of ether oxygens (including phenoxy) is 4. The second kappa shape index (κ2) is 4.94. The second-order valence-electron chi connectivity index (χ2n) is 5.22. The first-order chi connectivity index (χ1) is 10.8. The molecule has 0 aliphatic carbocycles. The third-order valence-electron chi connectivity index (χ3n) is 3.99. The molecule has 2 aromatic carbocycles. The Morgan fingerprint density at radius 3 is 2.64 bits per heavy atom. The van der Waals surface area contributed by atoms with Gasteiger partial charge >= 0.3 is 5.97 Å². The van der Waals surface area contributed by atoms with Crippen LogP contribution in [0.25, 0.3) is 0 Å². The summed E-state index contributed by atoms with van der Waals surface area (Å²) in [4.78, 5) is 12.0. The molecule has 2 aromatic rings. The largest absolute Gasteiger partial charge is 0.496 e. The van der Waals surface area contributed by atoms with Crippen molar-refractivity contribution in [1.82, 2.24) is 0 Å². The minimum Gasteiger partial charge on any atom is -0.496 e. The number of para-hydroxylation sites is 1. The predicted octanol–water partition coefficient (Wildman–Crippen LogP) is 2.86. The van der Waals surface area contributed by atoms with Crippen LogP contribution in [0.2, 0.25) is 0 Å². The van der Waals surface area contributed by atoms with E-state index in [1.807, 2.05) is 30.3 Å². The van der Waals surface area contributed by atoms with E-state index in [9.17, 15) is 4.79 Å². The van der Waals surface area contributed by atoms with E-state index in [1.165, 1.54) is 0 Å². The average Bonchev–Trinajstić information content (AvgIpc) is 2.99. The van der Waals surface area contributed by atoms with E-state index < -0.39 is 0 Å². The van der Waals surface area contributed by atoms with Crippen LogP contribution in [0.1, 0.15) is 23.5 Å². The molecule has 0 bridgehead atoms. The molecule has 0 radical (unpaired) electrons. The summed E-state index contributed by atoms with van der Waals surface area (Å²) in [6.45, 7) is 0.186. The van der Waals surface area contributed by atoms with Crippen molar-refractivity contribution in [3.05, 3.63) is 47.5 Å². The molecule has 22 heavy (non-hydrogen) atoms. The fraction of sp³-hybridized carbons (Fsp3) is 0.235. The molecular formula is C17H14O5. The normalized spacial score (nSPS) is 18.6. The molecule has 4 rings (SSSR count). The fourth-order valence-corrected chi connectivity index (χ4v) is 2.97. The van der Waals surface area contributed by atoms with Crippen molar-refractivity contribution in [2.24, 2.45) is 0 Å². The Labute approximate surface area is 127 Å². The van der Waals surface area contributed by atoms with Crippen LogP contribution in [0.5, 0.6) is 23.0 Å². The third kappa shape index (κ3) is 1.97. The van der Waals surface area contributed by atoms with Gasteiger partial charge in [0.2, 0.25) is 6.79 Å². The Hall–Kier alpha value is -2.69. The van der Waals surface area contributed by atoms with Gasteiger partial charge in [-0.1, -0.05) is 18.2 Å². The highest BCUT2D eigenvalue weighted by atomic mass is 16.7. The van der Waals surface area contributed by atoms with Crippen molar-refractivity contribution >= 4 is 5.97 Å². The third-order valence-corrected chi connectivity index (χ3v) is 3.99. The van der Waals surface area contributed by atoms with Crippen LogP contribution in [0.3, 0.4) is 0 Å². The van der Waals surface area contributed by atoms with Crippen LogP contribution in [-0.4, -0.2) is 19.9 Å². The Balaban J connectivity index is 1.87. The summed E-state index contributed by atoms with van der Waals surface area (Å²) >= 11 is 0. The first kappa shape index (κ1) is 13.0. The maximum atomic E-state index is 12.0. The SMILES string of the molecule is COc1ccccc1[C@H]1CC(=O)Oc2cc3c(cc21)OCO3. The van der Waals surface area contributed by atoms with Gasteiger partial charge in [-0.2, -0.15) is 0 Å². The van der Waals surface area contributed by atoms with Crippen LogP contribution in [0.15, 0.2) is 36.4 Å². The summed E-state index contributed by atoms with van der Waals surface area (Å²) in [6, 6.07) is 11.3. The highest BCUT2D eigenvalue weighted by Gasteiger charge is 2.32. The molecule has 5 nitrogen and oxygen atoms in total.